The Balaban J connectivity index is 1.63. The Hall–Kier alpha value is -3.05. The van der Waals surface area contributed by atoms with Gasteiger partial charge in [-0.15, -0.1) is 16.4 Å². The Kier molecular flexibility index (Phi) is 5.76. The molecule has 4 aromatic rings. The minimum Gasteiger partial charge on any atom is -0.466 e. The number of piperidine rings is 1. The van der Waals surface area contributed by atoms with Crippen molar-refractivity contribution in [2.75, 3.05) is 24.6 Å². The summed E-state index contributed by atoms with van der Waals surface area (Å²) in [6.45, 7) is 7.13. The van der Waals surface area contributed by atoms with E-state index in [9.17, 15) is 13.2 Å². The van der Waals surface area contributed by atoms with Gasteiger partial charge in [-0.25, -0.2) is 13.4 Å². The van der Waals surface area contributed by atoms with E-state index in [-0.39, 0.29) is 27.5 Å². The highest BCUT2D eigenvalue weighted by Gasteiger charge is 2.31. The van der Waals surface area contributed by atoms with E-state index in [0.717, 1.165) is 34.2 Å². The van der Waals surface area contributed by atoms with Crippen molar-refractivity contribution in [2.45, 2.75) is 43.5 Å². The van der Waals surface area contributed by atoms with Gasteiger partial charge in [-0.1, -0.05) is 11.3 Å². The highest BCUT2D eigenvalue weighted by atomic mass is 32.2. The van der Waals surface area contributed by atoms with Crippen LogP contribution >= 0.6 is 11.3 Å². The zero-order valence-corrected chi connectivity index (χ0v) is 20.8. The van der Waals surface area contributed by atoms with E-state index in [1.807, 2.05) is 30.2 Å². The van der Waals surface area contributed by atoms with Gasteiger partial charge >= 0.3 is 5.97 Å². The number of hydrogen-bond donors (Lipinski definition) is 0. The van der Waals surface area contributed by atoms with Crippen molar-refractivity contribution in [3.63, 3.8) is 0 Å². The van der Waals surface area contributed by atoms with Gasteiger partial charge in [-0.05, 0) is 68.3 Å². The number of aryl methyl sites for hydroxylation is 2. The van der Waals surface area contributed by atoms with E-state index in [1.165, 1.54) is 15.9 Å². The third-order valence-electron chi connectivity index (χ3n) is 6.29. The average molecular weight is 500 g/mol. The van der Waals surface area contributed by atoms with Gasteiger partial charge in [0, 0.05) is 13.1 Å². The molecular weight excluding hydrogens is 474 g/mol. The molecular formula is C23H25N5O4S2. The molecule has 1 saturated heterocycles. The third kappa shape index (κ3) is 3.72. The molecule has 0 spiro atoms. The fourth-order valence-electron chi connectivity index (χ4n) is 4.31. The first kappa shape index (κ1) is 22.7. The molecule has 0 unspecified atom stereocenters. The Morgan fingerprint density at radius 1 is 1.24 bits per heavy atom. The molecule has 1 fully saturated rings. The van der Waals surface area contributed by atoms with Gasteiger partial charge in [0.05, 0.1) is 27.6 Å². The quantitative estimate of drug-likeness (QED) is 0.384. The number of aromatic nitrogens is 4. The van der Waals surface area contributed by atoms with Crippen LogP contribution in [0.25, 0.3) is 15.9 Å². The van der Waals surface area contributed by atoms with Crippen molar-refractivity contribution >= 4 is 48.8 Å². The molecule has 0 bridgehead atoms. The Labute approximate surface area is 201 Å². The molecule has 5 rings (SSSR count). The van der Waals surface area contributed by atoms with Crippen LogP contribution in [0.3, 0.4) is 0 Å². The lowest BCUT2D eigenvalue weighted by molar-refractivity contribution is -0.148. The molecule has 9 nitrogen and oxygen atoms in total. The minimum absolute atomic E-state index is 0.159. The normalized spacial score (nSPS) is 16.9. The van der Waals surface area contributed by atoms with E-state index >= 15 is 0 Å². The molecule has 1 aromatic carbocycles. The van der Waals surface area contributed by atoms with E-state index < -0.39 is 9.84 Å². The fraction of sp³-hybridized carbons (Fsp3) is 0.391. The van der Waals surface area contributed by atoms with Crippen LogP contribution in [0.1, 0.15) is 30.9 Å². The number of rotatable bonds is 5. The van der Waals surface area contributed by atoms with Gasteiger partial charge in [-0.3, -0.25) is 4.79 Å². The number of anilines is 1. The third-order valence-corrected chi connectivity index (χ3v) is 8.84. The highest BCUT2D eigenvalue weighted by Crippen LogP contribution is 2.35. The molecule has 0 N–H and O–H groups in total. The molecule has 11 heteroatoms. The molecule has 4 heterocycles. The molecule has 178 valence electrons. The maximum atomic E-state index is 13.5. The monoisotopic (exact) mass is 499 g/mol. The predicted octanol–water partition coefficient (Wildman–Crippen LogP) is 3.57. The summed E-state index contributed by atoms with van der Waals surface area (Å²) in [5.41, 5.74) is 2.80. The van der Waals surface area contributed by atoms with Crippen LogP contribution in [-0.2, 0) is 19.4 Å². The van der Waals surface area contributed by atoms with Crippen LogP contribution in [0.15, 0.2) is 39.6 Å². The van der Waals surface area contributed by atoms with Crippen LogP contribution in [0, 0.1) is 19.8 Å². The number of ether oxygens (including phenoxy) is 1. The summed E-state index contributed by atoms with van der Waals surface area (Å²) in [6, 6.07) is 6.90. The molecule has 0 amide bonds. The molecule has 1 aliphatic rings. The van der Waals surface area contributed by atoms with E-state index in [1.54, 1.807) is 25.1 Å². The summed E-state index contributed by atoms with van der Waals surface area (Å²) in [4.78, 5) is 19.4. The van der Waals surface area contributed by atoms with Crippen molar-refractivity contribution in [1.82, 2.24) is 19.8 Å². The van der Waals surface area contributed by atoms with Crippen molar-refractivity contribution in [2.24, 2.45) is 5.92 Å². The standard InChI is InChI=1S/C23H25N5O4S2/c1-4-32-23(29)16-6-5-10-27(13-16)20-19-18(9-11-33-19)28-21(24-20)22(25-26-28)34(30,31)17-8-7-14(2)15(3)12-17/h7-9,11-12,16H,4-6,10,13H2,1-3H3/t16-/m1/s1. The lowest BCUT2D eigenvalue weighted by Gasteiger charge is -2.32. The number of sulfone groups is 1. The van der Waals surface area contributed by atoms with Gasteiger partial charge in [0.1, 0.15) is 0 Å². The Morgan fingerprint density at radius 3 is 2.82 bits per heavy atom. The van der Waals surface area contributed by atoms with Crippen molar-refractivity contribution in [3.8, 4) is 0 Å². The van der Waals surface area contributed by atoms with Gasteiger partial charge < -0.3 is 9.64 Å². The van der Waals surface area contributed by atoms with Crippen LogP contribution < -0.4 is 4.90 Å². The molecule has 0 radical (unpaired) electrons. The first-order chi connectivity index (χ1) is 16.3. The first-order valence-corrected chi connectivity index (χ1v) is 13.5. The average Bonchev–Trinajstić information content (AvgIpc) is 3.47. The lowest BCUT2D eigenvalue weighted by atomic mass is 9.98. The smallest absolute Gasteiger partial charge is 0.310 e. The van der Waals surface area contributed by atoms with E-state index in [0.29, 0.717) is 25.5 Å². The second-order valence-electron chi connectivity index (χ2n) is 8.49. The summed E-state index contributed by atoms with van der Waals surface area (Å²) in [6.07, 6.45) is 1.57. The van der Waals surface area contributed by atoms with E-state index in [2.05, 4.69) is 10.3 Å². The molecule has 0 aliphatic carbocycles. The van der Waals surface area contributed by atoms with Crippen molar-refractivity contribution in [3.05, 3.63) is 40.8 Å². The first-order valence-electron chi connectivity index (χ1n) is 11.2. The van der Waals surface area contributed by atoms with Gasteiger partial charge in [0.15, 0.2) is 11.5 Å². The predicted molar refractivity (Wildman–Crippen MR) is 129 cm³/mol. The van der Waals surface area contributed by atoms with Gasteiger partial charge in [0.2, 0.25) is 14.9 Å². The second kappa shape index (κ2) is 8.62. The fourth-order valence-corrected chi connectivity index (χ4v) is 6.52. The maximum absolute atomic E-state index is 13.5. The summed E-state index contributed by atoms with van der Waals surface area (Å²) < 4.78 is 34.6. The Morgan fingerprint density at radius 2 is 2.06 bits per heavy atom. The number of carbonyl (C=O) groups excluding carboxylic acids is 1. The molecule has 3 aromatic heterocycles. The van der Waals surface area contributed by atoms with Gasteiger partial charge in [-0.2, -0.15) is 4.52 Å². The second-order valence-corrected chi connectivity index (χ2v) is 11.3. The number of benzene rings is 1. The molecule has 34 heavy (non-hydrogen) atoms. The van der Waals surface area contributed by atoms with Crippen molar-refractivity contribution < 1.29 is 17.9 Å². The zero-order chi connectivity index (χ0) is 24.0. The number of hydrogen-bond acceptors (Lipinski definition) is 9. The van der Waals surface area contributed by atoms with Gasteiger partial charge in [0.25, 0.3) is 0 Å². The Bertz CT molecular complexity index is 1510. The SMILES string of the molecule is CCOC(=O)[C@@H]1CCCN(c2nc3c(S(=O)(=O)c4ccc(C)c(C)c4)nnn3c3ccsc23)C1. The van der Waals surface area contributed by atoms with Crippen molar-refractivity contribution in [1.29, 1.82) is 0 Å². The number of fused-ring (bicyclic) bond motifs is 3. The van der Waals surface area contributed by atoms with Crippen LogP contribution in [0.4, 0.5) is 5.82 Å². The van der Waals surface area contributed by atoms with Crippen LogP contribution in [0.2, 0.25) is 0 Å². The highest BCUT2D eigenvalue weighted by molar-refractivity contribution is 7.91. The summed E-state index contributed by atoms with van der Waals surface area (Å²) in [5.74, 6) is 0.188. The number of thiophene rings is 1. The van der Waals surface area contributed by atoms with Crippen LogP contribution in [0.5, 0.6) is 0 Å². The van der Waals surface area contributed by atoms with Crippen LogP contribution in [-0.4, -0.2) is 53.9 Å². The summed E-state index contributed by atoms with van der Waals surface area (Å²) in [5, 5.41) is 9.94. The lowest BCUT2D eigenvalue weighted by Crippen LogP contribution is -2.40. The number of esters is 1. The topological polar surface area (TPSA) is 107 Å². The summed E-state index contributed by atoms with van der Waals surface area (Å²) in [7, 11) is -3.94. The molecule has 0 saturated carbocycles. The summed E-state index contributed by atoms with van der Waals surface area (Å²) >= 11 is 1.50. The maximum Gasteiger partial charge on any atom is 0.310 e. The minimum atomic E-state index is -3.94. The van der Waals surface area contributed by atoms with E-state index in [4.69, 9.17) is 9.72 Å². The largest absolute Gasteiger partial charge is 0.466 e. The molecule has 1 atom stereocenters. The zero-order valence-electron chi connectivity index (χ0n) is 19.2. The molecule has 1 aliphatic heterocycles. The number of nitrogens with zero attached hydrogens (tertiary/aromatic N) is 5. The number of carbonyl (C=O) groups is 1.